The molecule has 0 fully saturated rings. The summed E-state index contributed by atoms with van der Waals surface area (Å²) >= 11 is 0. The molecule has 0 aliphatic heterocycles. The standard InChI is InChI=1S/C22H16O7/c23-14-9-17(28-11-12-4-2-1-3-5-12)19-18(10-14)29-22(21(27)20(19)26)13-6-7-15(24)16(25)8-13/h1-10,23-25,27H,11H2. The number of ether oxygens (including phenoxy) is 1. The summed E-state index contributed by atoms with van der Waals surface area (Å²) in [5.74, 6) is -1.81. The molecular formula is C22H16O7. The van der Waals surface area contributed by atoms with Crippen LogP contribution in [0.5, 0.6) is 28.7 Å². The van der Waals surface area contributed by atoms with Crippen LogP contribution in [0.4, 0.5) is 0 Å². The summed E-state index contributed by atoms with van der Waals surface area (Å²) in [4.78, 5) is 12.8. The second-order valence-corrected chi connectivity index (χ2v) is 6.40. The molecule has 0 spiro atoms. The topological polar surface area (TPSA) is 120 Å². The van der Waals surface area contributed by atoms with Crippen LogP contribution in [0.2, 0.25) is 0 Å². The summed E-state index contributed by atoms with van der Waals surface area (Å²) in [5.41, 5.74) is 0.274. The van der Waals surface area contributed by atoms with Crippen LogP contribution in [0.25, 0.3) is 22.3 Å². The lowest BCUT2D eigenvalue weighted by atomic mass is 10.1. The molecule has 0 aliphatic carbocycles. The summed E-state index contributed by atoms with van der Waals surface area (Å²) in [6.07, 6.45) is 0. The Hall–Kier alpha value is -4.13. The number of aromatic hydroxyl groups is 4. The lowest BCUT2D eigenvalue weighted by Crippen LogP contribution is -2.06. The van der Waals surface area contributed by atoms with Crippen molar-refractivity contribution in [2.45, 2.75) is 6.61 Å². The minimum Gasteiger partial charge on any atom is -0.508 e. The molecule has 7 heteroatoms. The maximum atomic E-state index is 12.8. The van der Waals surface area contributed by atoms with Crippen molar-refractivity contribution in [2.75, 3.05) is 0 Å². The third kappa shape index (κ3) is 3.41. The molecule has 1 aromatic heterocycles. The Kier molecular flexibility index (Phi) is 4.48. The number of benzene rings is 3. The maximum Gasteiger partial charge on any atom is 0.238 e. The molecule has 0 atom stereocenters. The quantitative estimate of drug-likeness (QED) is 0.389. The van der Waals surface area contributed by atoms with Crippen LogP contribution >= 0.6 is 0 Å². The van der Waals surface area contributed by atoms with E-state index >= 15 is 0 Å². The fourth-order valence-corrected chi connectivity index (χ4v) is 2.97. The van der Waals surface area contributed by atoms with Crippen LogP contribution in [-0.4, -0.2) is 20.4 Å². The first-order valence-corrected chi connectivity index (χ1v) is 8.66. The Balaban J connectivity index is 1.84. The Morgan fingerprint density at radius 3 is 2.34 bits per heavy atom. The number of hydrogen-bond donors (Lipinski definition) is 4. The Bertz CT molecular complexity index is 1260. The van der Waals surface area contributed by atoms with Crippen LogP contribution in [0.15, 0.2) is 69.9 Å². The smallest absolute Gasteiger partial charge is 0.238 e. The molecule has 0 unspecified atom stereocenters. The molecule has 3 aromatic carbocycles. The van der Waals surface area contributed by atoms with Gasteiger partial charge in [-0.1, -0.05) is 30.3 Å². The molecule has 0 bridgehead atoms. The first-order valence-electron chi connectivity index (χ1n) is 8.66. The van der Waals surface area contributed by atoms with E-state index in [4.69, 9.17) is 9.15 Å². The third-order valence-electron chi connectivity index (χ3n) is 4.39. The molecule has 0 saturated carbocycles. The monoisotopic (exact) mass is 392 g/mol. The van der Waals surface area contributed by atoms with E-state index in [1.807, 2.05) is 30.3 Å². The normalized spacial score (nSPS) is 10.9. The van der Waals surface area contributed by atoms with Crippen LogP contribution in [-0.2, 0) is 6.61 Å². The van der Waals surface area contributed by atoms with E-state index in [1.165, 1.54) is 24.3 Å². The van der Waals surface area contributed by atoms with Gasteiger partial charge < -0.3 is 29.6 Å². The zero-order valence-corrected chi connectivity index (χ0v) is 15.0. The summed E-state index contributed by atoms with van der Waals surface area (Å²) in [5, 5.41) is 39.6. The van der Waals surface area contributed by atoms with Gasteiger partial charge in [0.25, 0.3) is 0 Å². The van der Waals surface area contributed by atoms with E-state index in [9.17, 15) is 25.2 Å². The van der Waals surface area contributed by atoms with E-state index < -0.39 is 16.9 Å². The van der Waals surface area contributed by atoms with Crippen molar-refractivity contribution >= 4 is 11.0 Å². The highest BCUT2D eigenvalue weighted by atomic mass is 16.5. The van der Waals surface area contributed by atoms with Crippen LogP contribution in [0, 0.1) is 0 Å². The van der Waals surface area contributed by atoms with Gasteiger partial charge in [0.05, 0.1) is 0 Å². The SMILES string of the molecule is O=c1c(O)c(-c2ccc(O)c(O)c2)oc2cc(O)cc(OCc3ccccc3)c12. The van der Waals surface area contributed by atoms with E-state index in [0.717, 1.165) is 11.6 Å². The van der Waals surface area contributed by atoms with Gasteiger partial charge in [0.15, 0.2) is 17.3 Å². The van der Waals surface area contributed by atoms with Gasteiger partial charge in [-0.25, -0.2) is 0 Å². The first-order chi connectivity index (χ1) is 13.9. The highest BCUT2D eigenvalue weighted by Gasteiger charge is 2.20. The van der Waals surface area contributed by atoms with Gasteiger partial charge in [0.1, 0.15) is 29.1 Å². The number of hydrogen-bond acceptors (Lipinski definition) is 7. The summed E-state index contributed by atoms with van der Waals surface area (Å²) in [6.45, 7) is 0.146. The average molecular weight is 392 g/mol. The molecule has 146 valence electrons. The minimum atomic E-state index is -0.753. The lowest BCUT2D eigenvalue weighted by molar-refractivity contribution is 0.307. The fraction of sp³-hybridized carbons (Fsp3) is 0.0455. The van der Waals surface area contributed by atoms with Gasteiger partial charge >= 0.3 is 0 Å². The number of phenols is 3. The summed E-state index contributed by atoms with van der Waals surface area (Å²) in [7, 11) is 0. The van der Waals surface area contributed by atoms with E-state index in [1.54, 1.807) is 0 Å². The molecular weight excluding hydrogens is 376 g/mol. The molecule has 4 N–H and O–H groups in total. The summed E-state index contributed by atoms with van der Waals surface area (Å²) in [6, 6.07) is 15.5. The molecule has 0 aliphatic rings. The molecule has 7 nitrogen and oxygen atoms in total. The van der Waals surface area contributed by atoms with Crippen LogP contribution < -0.4 is 10.2 Å². The zero-order chi connectivity index (χ0) is 20.5. The first kappa shape index (κ1) is 18.2. The second kappa shape index (κ2) is 7.12. The van der Waals surface area contributed by atoms with Gasteiger partial charge in [-0.2, -0.15) is 0 Å². The van der Waals surface area contributed by atoms with E-state index in [0.29, 0.717) is 0 Å². The molecule has 0 saturated heterocycles. The van der Waals surface area contributed by atoms with E-state index in [-0.39, 0.29) is 46.1 Å². The Labute approximate surface area is 164 Å². The maximum absolute atomic E-state index is 12.8. The predicted octanol–water partition coefficient (Wildman–Crippen LogP) is 3.86. The molecule has 29 heavy (non-hydrogen) atoms. The van der Waals surface area contributed by atoms with Gasteiger partial charge in [-0.15, -0.1) is 0 Å². The number of phenolic OH excluding ortho intramolecular Hbond substituents is 3. The van der Waals surface area contributed by atoms with Crippen LogP contribution in [0.3, 0.4) is 0 Å². The van der Waals surface area contributed by atoms with Crippen molar-refractivity contribution in [3.05, 3.63) is 76.5 Å². The highest BCUT2D eigenvalue weighted by molar-refractivity contribution is 5.88. The van der Waals surface area contributed by atoms with Crippen molar-refractivity contribution in [1.29, 1.82) is 0 Å². The van der Waals surface area contributed by atoms with Gasteiger partial charge in [0, 0.05) is 17.7 Å². The van der Waals surface area contributed by atoms with Gasteiger partial charge in [-0.05, 0) is 23.8 Å². The Morgan fingerprint density at radius 1 is 0.862 bits per heavy atom. The Morgan fingerprint density at radius 2 is 1.62 bits per heavy atom. The molecule has 0 radical (unpaired) electrons. The van der Waals surface area contributed by atoms with Crippen molar-refractivity contribution < 1.29 is 29.6 Å². The van der Waals surface area contributed by atoms with Crippen molar-refractivity contribution in [3.8, 4) is 40.1 Å². The lowest BCUT2D eigenvalue weighted by Gasteiger charge is -2.12. The number of rotatable bonds is 4. The van der Waals surface area contributed by atoms with Crippen molar-refractivity contribution in [1.82, 2.24) is 0 Å². The number of fused-ring (bicyclic) bond motifs is 1. The third-order valence-corrected chi connectivity index (χ3v) is 4.39. The van der Waals surface area contributed by atoms with Crippen LogP contribution in [0.1, 0.15) is 5.56 Å². The van der Waals surface area contributed by atoms with Crippen molar-refractivity contribution in [3.63, 3.8) is 0 Å². The average Bonchev–Trinajstić information content (AvgIpc) is 2.71. The van der Waals surface area contributed by atoms with Gasteiger partial charge in [-0.3, -0.25) is 4.79 Å². The summed E-state index contributed by atoms with van der Waals surface area (Å²) < 4.78 is 11.3. The zero-order valence-electron chi connectivity index (χ0n) is 15.0. The van der Waals surface area contributed by atoms with Gasteiger partial charge in [0.2, 0.25) is 11.2 Å². The predicted molar refractivity (Wildman–Crippen MR) is 105 cm³/mol. The molecule has 1 heterocycles. The highest BCUT2D eigenvalue weighted by Crippen LogP contribution is 2.38. The van der Waals surface area contributed by atoms with E-state index in [2.05, 4.69) is 0 Å². The second-order valence-electron chi connectivity index (χ2n) is 6.40. The van der Waals surface area contributed by atoms with Crippen molar-refractivity contribution in [2.24, 2.45) is 0 Å². The molecule has 4 aromatic rings. The molecule has 4 rings (SSSR count). The largest absolute Gasteiger partial charge is 0.508 e. The molecule has 0 amide bonds. The fourth-order valence-electron chi connectivity index (χ4n) is 2.97. The minimum absolute atomic E-state index is 0.00146.